The van der Waals surface area contributed by atoms with Gasteiger partial charge in [0.15, 0.2) is 0 Å². The lowest BCUT2D eigenvalue weighted by atomic mass is 10.0. The van der Waals surface area contributed by atoms with Crippen LogP contribution in [0.2, 0.25) is 0 Å². The summed E-state index contributed by atoms with van der Waals surface area (Å²) < 4.78 is 14.2. The molecule has 4 rings (SSSR count). The van der Waals surface area contributed by atoms with Gasteiger partial charge in [-0.05, 0) is 62.2 Å². The predicted octanol–water partition coefficient (Wildman–Crippen LogP) is 6.46. The Morgan fingerprint density at radius 1 is 1.19 bits per heavy atom. The van der Waals surface area contributed by atoms with Crippen LogP contribution in [0.4, 0.5) is 10.1 Å². The Labute approximate surface area is 191 Å². The summed E-state index contributed by atoms with van der Waals surface area (Å²) in [5, 5.41) is 4.12. The Hall–Kier alpha value is -3.38. The Kier molecular flexibility index (Phi) is 6.15. The molecule has 2 heterocycles. The van der Waals surface area contributed by atoms with Crippen LogP contribution in [0.3, 0.4) is 0 Å². The fourth-order valence-electron chi connectivity index (χ4n) is 3.97. The summed E-state index contributed by atoms with van der Waals surface area (Å²) in [6, 6.07) is 13.8. The highest BCUT2D eigenvalue weighted by atomic mass is 32.1. The van der Waals surface area contributed by atoms with Gasteiger partial charge in [0, 0.05) is 22.5 Å². The van der Waals surface area contributed by atoms with Crippen LogP contribution in [0.1, 0.15) is 27.3 Å². The Morgan fingerprint density at radius 3 is 2.66 bits per heavy atom. The predicted molar refractivity (Wildman–Crippen MR) is 135 cm³/mol. The maximum Gasteiger partial charge on any atom is 0.147 e. The van der Waals surface area contributed by atoms with Crippen molar-refractivity contribution >= 4 is 33.8 Å². The molecule has 32 heavy (non-hydrogen) atoms. The molecule has 2 aromatic carbocycles. The summed E-state index contributed by atoms with van der Waals surface area (Å²) >= 11 is 1.60. The van der Waals surface area contributed by atoms with Crippen molar-refractivity contribution in [3.8, 4) is 10.4 Å². The fraction of sp³-hybridized carbons (Fsp3) is 0.192. The van der Waals surface area contributed by atoms with Crippen LogP contribution < -0.4 is 11.1 Å². The summed E-state index contributed by atoms with van der Waals surface area (Å²) in [6.45, 7) is 10.3. The number of nitrogens with one attached hydrogen (secondary N) is 2. The molecule has 0 spiro atoms. The maximum atomic E-state index is 14.2. The highest BCUT2D eigenvalue weighted by Gasteiger charge is 2.15. The lowest BCUT2D eigenvalue weighted by Gasteiger charge is -2.05. The van der Waals surface area contributed by atoms with E-state index in [1.807, 2.05) is 19.9 Å². The van der Waals surface area contributed by atoms with Crippen LogP contribution in [-0.4, -0.2) is 17.4 Å². The first kappa shape index (κ1) is 21.8. The topological polar surface area (TPSA) is 66.2 Å². The lowest BCUT2D eigenvalue weighted by Crippen LogP contribution is -2.14. The fourth-order valence-corrected chi connectivity index (χ4v) is 5.02. The number of hydrogen-bond donors (Lipinski definition) is 3. The second-order valence-electron chi connectivity index (χ2n) is 7.93. The van der Waals surface area contributed by atoms with Crippen molar-refractivity contribution in [1.82, 2.24) is 4.98 Å². The van der Waals surface area contributed by atoms with Gasteiger partial charge in [0.05, 0.1) is 16.1 Å². The minimum atomic E-state index is -0.231. The molecule has 0 fully saturated rings. The van der Waals surface area contributed by atoms with E-state index >= 15 is 0 Å². The van der Waals surface area contributed by atoms with Gasteiger partial charge in [-0.3, -0.25) is 4.99 Å². The maximum absolute atomic E-state index is 14.2. The molecule has 0 amide bonds. The van der Waals surface area contributed by atoms with E-state index < -0.39 is 0 Å². The van der Waals surface area contributed by atoms with Crippen LogP contribution in [-0.2, 0) is 6.42 Å². The zero-order chi connectivity index (χ0) is 22.8. The zero-order valence-electron chi connectivity index (χ0n) is 18.6. The Bertz CT molecular complexity index is 1310. The largest absolute Gasteiger partial charge is 0.383 e. The van der Waals surface area contributed by atoms with Gasteiger partial charge in [-0.2, -0.15) is 0 Å². The highest BCUT2D eigenvalue weighted by Crippen LogP contribution is 2.35. The van der Waals surface area contributed by atoms with Gasteiger partial charge in [0.25, 0.3) is 0 Å². The summed E-state index contributed by atoms with van der Waals surface area (Å²) in [4.78, 5) is 9.84. The third kappa shape index (κ3) is 4.18. The summed E-state index contributed by atoms with van der Waals surface area (Å²) in [6.07, 6.45) is 2.32. The number of anilines is 1. The number of amidine groups is 1. The van der Waals surface area contributed by atoms with Crippen molar-refractivity contribution in [2.24, 2.45) is 10.7 Å². The zero-order valence-corrected chi connectivity index (χ0v) is 19.4. The molecule has 4 nitrogen and oxygen atoms in total. The molecule has 0 aliphatic heterocycles. The number of H-pyrrole nitrogens is 1. The number of aliphatic imine (C=N–C) groups is 1. The quantitative estimate of drug-likeness (QED) is 0.225. The van der Waals surface area contributed by atoms with E-state index in [0.29, 0.717) is 24.3 Å². The van der Waals surface area contributed by atoms with Gasteiger partial charge >= 0.3 is 0 Å². The molecule has 0 bridgehead atoms. The third-order valence-corrected chi connectivity index (χ3v) is 6.84. The Balaban J connectivity index is 1.60. The van der Waals surface area contributed by atoms with E-state index in [-0.39, 0.29) is 5.82 Å². The number of benzene rings is 2. The normalized spacial score (nSPS) is 11.8. The molecule has 0 aliphatic rings. The molecule has 2 aromatic heterocycles. The van der Waals surface area contributed by atoms with E-state index in [1.54, 1.807) is 17.5 Å². The first-order chi connectivity index (χ1) is 15.4. The van der Waals surface area contributed by atoms with Gasteiger partial charge in [0.2, 0.25) is 0 Å². The number of thiophene rings is 1. The summed E-state index contributed by atoms with van der Waals surface area (Å²) in [5.41, 5.74) is 13.3. The van der Waals surface area contributed by atoms with Crippen molar-refractivity contribution in [3.05, 3.63) is 88.3 Å². The number of aromatic nitrogens is 1. The number of nitrogens with zero attached hydrogens (tertiary/aromatic N) is 1. The van der Waals surface area contributed by atoms with E-state index in [4.69, 9.17) is 5.73 Å². The number of hydrogen-bond acceptors (Lipinski definition) is 3. The van der Waals surface area contributed by atoms with Crippen LogP contribution in [0.5, 0.6) is 0 Å². The van der Waals surface area contributed by atoms with Crippen molar-refractivity contribution in [2.45, 2.75) is 27.2 Å². The minimum absolute atomic E-state index is 0.231. The van der Waals surface area contributed by atoms with Crippen molar-refractivity contribution in [3.63, 3.8) is 0 Å². The van der Waals surface area contributed by atoms with Crippen molar-refractivity contribution in [1.29, 1.82) is 0 Å². The minimum Gasteiger partial charge on any atom is -0.383 e. The van der Waals surface area contributed by atoms with E-state index in [1.165, 1.54) is 11.6 Å². The molecule has 4 aromatic rings. The number of halogens is 1. The summed E-state index contributed by atoms with van der Waals surface area (Å²) in [5.74, 6) is 0.253. The van der Waals surface area contributed by atoms with Crippen LogP contribution in [0.25, 0.3) is 21.3 Å². The van der Waals surface area contributed by atoms with Gasteiger partial charge in [-0.15, -0.1) is 11.3 Å². The van der Waals surface area contributed by atoms with Gasteiger partial charge in [-0.25, -0.2) is 4.39 Å². The smallest absolute Gasteiger partial charge is 0.147 e. The Morgan fingerprint density at radius 2 is 1.94 bits per heavy atom. The number of aryl methyl sites for hydroxylation is 3. The average molecular weight is 447 g/mol. The molecule has 0 saturated carbocycles. The molecular weight excluding hydrogens is 419 g/mol. The van der Waals surface area contributed by atoms with Gasteiger partial charge in [-0.1, -0.05) is 42.5 Å². The molecule has 164 valence electrons. The van der Waals surface area contributed by atoms with Crippen LogP contribution >= 0.6 is 11.3 Å². The number of fused-ring (bicyclic) bond motifs is 1. The second-order valence-corrected chi connectivity index (χ2v) is 8.98. The number of rotatable bonds is 7. The third-order valence-electron chi connectivity index (χ3n) is 5.63. The molecule has 0 atom stereocenters. The monoisotopic (exact) mass is 446 g/mol. The molecular formula is C26H27FN4S. The first-order valence-electron chi connectivity index (χ1n) is 10.5. The molecule has 0 saturated heterocycles. The molecule has 0 aliphatic carbocycles. The number of aromatic amines is 1. The van der Waals surface area contributed by atoms with Crippen LogP contribution in [0, 0.1) is 26.6 Å². The van der Waals surface area contributed by atoms with E-state index in [2.05, 4.69) is 59.1 Å². The standard InChI is InChI=1S/C26H27FN4S/c1-5-29-21-14-22(18-9-6-15(2)7-10-18)32-25(21)26(28)30-13-12-19-17(4)31-24-20(27)11-8-16(3)23(19)24/h5-11,14,29,31H,1,12-13H2,2-4H3,(H2,28,30). The van der Waals surface area contributed by atoms with Gasteiger partial charge in [0.1, 0.15) is 11.7 Å². The van der Waals surface area contributed by atoms with Crippen molar-refractivity contribution in [2.75, 3.05) is 11.9 Å². The lowest BCUT2D eigenvalue weighted by molar-refractivity contribution is 0.637. The van der Waals surface area contributed by atoms with E-state index in [0.717, 1.165) is 43.2 Å². The van der Waals surface area contributed by atoms with Crippen LogP contribution in [0.15, 0.2) is 60.2 Å². The molecule has 0 unspecified atom stereocenters. The SMILES string of the molecule is C=CNc1cc(-c2ccc(C)cc2)sc1C(N)=NCCc1c(C)[nH]c2c(F)ccc(C)c12. The molecule has 0 radical (unpaired) electrons. The van der Waals surface area contributed by atoms with E-state index in [9.17, 15) is 4.39 Å². The molecule has 6 heteroatoms. The summed E-state index contributed by atoms with van der Waals surface area (Å²) in [7, 11) is 0. The second kappa shape index (κ2) is 9.01. The first-order valence-corrected chi connectivity index (χ1v) is 11.4. The van der Waals surface area contributed by atoms with Crippen molar-refractivity contribution < 1.29 is 4.39 Å². The molecule has 4 N–H and O–H groups in total. The van der Waals surface area contributed by atoms with Gasteiger partial charge < -0.3 is 16.0 Å². The highest BCUT2D eigenvalue weighted by molar-refractivity contribution is 7.18. The number of nitrogens with two attached hydrogens (primary N) is 1. The average Bonchev–Trinajstić information content (AvgIpc) is 3.34.